The highest BCUT2D eigenvalue weighted by Gasteiger charge is 2.38. The molecule has 1 aromatic heterocycles. The number of fused-ring (bicyclic) bond motifs is 6. The lowest BCUT2D eigenvalue weighted by Crippen LogP contribution is -2.37. The first kappa shape index (κ1) is 30.4. The topological polar surface area (TPSA) is 149 Å². The Morgan fingerprint density at radius 3 is 2.55 bits per heavy atom. The highest BCUT2D eigenvalue weighted by molar-refractivity contribution is 6.32. The number of alkyl halides is 3. The van der Waals surface area contributed by atoms with E-state index in [9.17, 15) is 22.8 Å². The van der Waals surface area contributed by atoms with Crippen LogP contribution in [0.5, 0.6) is 0 Å². The molecule has 0 aliphatic carbocycles. The first-order valence-corrected chi connectivity index (χ1v) is 13.3. The number of amides is 3. The van der Waals surface area contributed by atoms with E-state index in [1.54, 1.807) is 11.1 Å². The van der Waals surface area contributed by atoms with Crippen LogP contribution in [0.2, 0.25) is 5.02 Å². The van der Waals surface area contributed by atoms with Gasteiger partial charge in [0.1, 0.15) is 5.02 Å². The van der Waals surface area contributed by atoms with Crippen LogP contribution in [0, 0.1) is 0 Å². The third-order valence-electron chi connectivity index (χ3n) is 6.31. The van der Waals surface area contributed by atoms with Crippen LogP contribution < -0.4 is 21.3 Å². The molecule has 3 aromatic rings. The highest BCUT2D eigenvalue weighted by atomic mass is 35.5. The molecule has 15 heteroatoms. The van der Waals surface area contributed by atoms with E-state index in [1.165, 1.54) is 0 Å². The summed E-state index contributed by atoms with van der Waals surface area (Å²) in [6.45, 7) is 1.68. The van der Waals surface area contributed by atoms with Crippen molar-refractivity contribution in [3.05, 3.63) is 64.8 Å². The number of anilines is 5. The van der Waals surface area contributed by atoms with Crippen molar-refractivity contribution in [1.29, 1.82) is 0 Å². The zero-order chi connectivity index (χ0) is 30.3. The van der Waals surface area contributed by atoms with Gasteiger partial charge in [0.05, 0.1) is 6.20 Å². The third-order valence-corrected chi connectivity index (χ3v) is 6.58. The third kappa shape index (κ3) is 8.46. The minimum atomic E-state index is -5.08. The Bertz CT molecular complexity index is 1470. The Kier molecular flexibility index (Phi) is 9.68. The predicted octanol–water partition coefficient (Wildman–Crippen LogP) is 5.09. The predicted molar refractivity (Wildman–Crippen MR) is 150 cm³/mol. The van der Waals surface area contributed by atoms with Gasteiger partial charge in [0.25, 0.3) is 0 Å². The van der Waals surface area contributed by atoms with E-state index in [0.29, 0.717) is 42.7 Å². The molecular formula is C27H27ClF3N7O4. The summed E-state index contributed by atoms with van der Waals surface area (Å²) >= 11 is 6.33. The number of nitrogens with zero attached hydrogens (tertiary/aromatic N) is 3. The largest absolute Gasteiger partial charge is 0.490 e. The molecule has 2 aliphatic heterocycles. The Labute approximate surface area is 243 Å². The van der Waals surface area contributed by atoms with Gasteiger partial charge in [-0.25, -0.2) is 14.6 Å². The van der Waals surface area contributed by atoms with E-state index >= 15 is 0 Å². The number of likely N-dealkylation sites (tertiary alicyclic amines) is 1. The number of carbonyl (C=O) groups is 3. The molecule has 0 saturated carbocycles. The van der Waals surface area contributed by atoms with Gasteiger partial charge >= 0.3 is 18.2 Å². The van der Waals surface area contributed by atoms with Crippen LogP contribution in [-0.4, -0.2) is 63.7 Å². The fourth-order valence-corrected chi connectivity index (χ4v) is 4.41. The summed E-state index contributed by atoms with van der Waals surface area (Å²) in [6, 6.07) is 13.5. The van der Waals surface area contributed by atoms with Gasteiger partial charge in [-0.05, 0) is 60.7 Å². The number of rotatable bonds is 4. The normalized spacial score (nSPS) is 14.1. The van der Waals surface area contributed by atoms with Crippen molar-refractivity contribution < 1.29 is 32.7 Å². The Hall–Kier alpha value is -4.59. The van der Waals surface area contributed by atoms with E-state index < -0.39 is 12.1 Å². The number of aliphatic carboxylic acids is 1. The number of hydrogen-bond donors (Lipinski definition) is 5. The Morgan fingerprint density at radius 1 is 1.07 bits per heavy atom. The van der Waals surface area contributed by atoms with Crippen molar-refractivity contribution in [3.63, 3.8) is 0 Å². The molecule has 2 aromatic carbocycles. The smallest absolute Gasteiger partial charge is 0.475 e. The second-order valence-electron chi connectivity index (χ2n) is 9.38. The van der Waals surface area contributed by atoms with E-state index in [2.05, 4.69) is 43.4 Å². The van der Waals surface area contributed by atoms with Crippen LogP contribution in [0.25, 0.3) is 0 Å². The van der Waals surface area contributed by atoms with E-state index in [-0.39, 0.29) is 11.9 Å². The van der Waals surface area contributed by atoms with Crippen molar-refractivity contribution in [2.75, 3.05) is 35.6 Å². The van der Waals surface area contributed by atoms with Gasteiger partial charge in [-0.3, -0.25) is 4.79 Å². The summed E-state index contributed by atoms with van der Waals surface area (Å²) in [5, 5.41) is 19.8. The number of urea groups is 1. The van der Waals surface area contributed by atoms with Crippen molar-refractivity contribution in [2.24, 2.45) is 0 Å². The molecule has 42 heavy (non-hydrogen) atoms. The molecule has 3 amide bonds. The summed E-state index contributed by atoms with van der Waals surface area (Å²) in [5.41, 5.74) is 4.53. The van der Waals surface area contributed by atoms with Crippen molar-refractivity contribution in [3.8, 4) is 0 Å². The fraction of sp³-hybridized carbons (Fsp3) is 0.296. The zero-order valence-electron chi connectivity index (χ0n) is 22.1. The average Bonchev–Trinajstić information content (AvgIpc) is 3.34. The second kappa shape index (κ2) is 13.4. The van der Waals surface area contributed by atoms with Crippen molar-refractivity contribution in [1.82, 2.24) is 20.2 Å². The van der Waals surface area contributed by atoms with Crippen LogP contribution in [0.15, 0.2) is 48.7 Å². The summed E-state index contributed by atoms with van der Waals surface area (Å²) in [7, 11) is 0. The molecule has 0 unspecified atom stereocenters. The average molecular weight is 606 g/mol. The van der Waals surface area contributed by atoms with E-state index in [4.69, 9.17) is 21.5 Å². The van der Waals surface area contributed by atoms with E-state index in [1.807, 2.05) is 30.3 Å². The first-order valence-electron chi connectivity index (χ1n) is 12.9. The maximum absolute atomic E-state index is 12.6. The molecule has 3 heterocycles. The summed E-state index contributed by atoms with van der Waals surface area (Å²) in [4.78, 5) is 43.8. The maximum Gasteiger partial charge on any atom is 0.490 e. The fourth-order valence-electron chi connectivity index (χ4n) is 4.28. The molecule has 2 aliphatic rings. The molecule has 0 radical (unpaired) electrons. The van der Waals surface area contributed by atoms with Crippen LogP contribution in [0.4, 0.5) is 46.8 Å². The van der Waals surface area contributed by atoms with Crippen LogP contribution in [-0.2, 0) is 22.4 Å². The summed E-state index contributed by atoms with van der Waals surface area (Å²) in [5.74, 6) is -1.68. The van der Waals surface area contributed by atoms with Gasteiger partial charge < -0.3 is 31.3 Å². The van der Waals surface area contributed by atoms with Crippen molar-refractivity contribution >= 4 is 58.3 Å². The Balaban J connectivity index is 0.000000517. The lowest BCUT2D eigenvalue weighted by atomic mass is 10.0. The quantitative estimate of drug-likeness (QED) is 0.276. The molecule has 1 saturated heterocycles. The number of carboxylic acid groups (broad SMARTS) is 1. The number of carbonyl (C=O) groups excluding carboxylic acids is 2. The van der Waals surface area contributed by atoms with Gasteiger partial charge in [0, 0.05) is 43.1 Å². The molecule has 1 fully saturated rings. The standard InChI is InChI=1S/C25H26ClN7O2.C2HF3O2/c26-20-15-28-24-30-18-4-1-3-16(13-18)6-7-17-14-19(29-23(20)32-24)8-9-21(17)31-25(35)27-10-12-33-11-2-5-22(33)34;3-2(4,5)1(6)7/h1,3-4,8-9,13-15H,2,5-7,10-12H2,(H2,27,31,35)(H2,28,29,30,32);(H,6,7). The number of aryl methyl sites for hydroxylation is 2. The number of nitrogens with one attached hydrogen (secondary N) is 4. The minimum absolute atomic E-state index is 0.150. The zero-order valence-corrected chi connectivity index (χ0v) is 22.8. The van der Waals surface area contributed by atoms with Gasteiger partial charge in [0.2, 0.25) is 11.9 Å². The lowest BCUT2D eigenvalue weighted by molar-refractivity contribution is -0.192. The number of carboxylic acids is 1. The second-order valence-corrected chi connectivity index (χ2v) is 9.79. The molecule has 6 bridgehead atoms. The number of benzene rings is 2. The Morgan fingerprint density at radius 2 is 1.83 bits per heavy atom. The van der Waals surface area contributed by atoms with Crippen molar-refractivity contribution in [2.45, 2.75) is 31.9 Å². The molecular weight excluding hydrogens is 579 g/mol. The van der Waals surface area contributed by atoms with Gasteiger partial charge in [-0.2, -0.15) is 18.2 Å². The van der Waals surface area contributed by atoms with Gasteiger partial charge in [-0.15, -0.1) is 0 Å². The molecule has 5 rings (SSSR count). The van der Waals surface area contributed by atoms with Crippen LogP contribution in [0.3, 0.4) is 0 Å². The molecule has 0 atom stereocenters. The first-order chi connectivity index (χ1) is 20.0. The maximum atomic E-state index is 12.6. The summed E-state index contributed by atoms with van der Waals surface area (Å²) < 4.78 is 31.7. The number of halogens is 4. The summed E-state index contributed by atoms with van der Waals surface area (Å²) in [6.07, 6.45) is -0.551. The van der Waals surface area contributed by atoms with Gasteiger partial charge in [-0.1, -0.05) is 23.7 Å². The monoisotopic (exact) mass is 605 g/mol. The van der Waals surface area contributed by atoms with E-state index in [0.717, 1.165) is 47.6 Å². The lowest BCUT2D eigenvalue weighted by Gasteiger charge is -2.17. The van der Waals surface area contributed by atoms with Crippen LogP contribution >= 0.6 is 11.6 Å². The number of aromatic nitrogens is 2. The number of hydrogen-bond acceptors (Lipinski definition) is 7. The molecule has 222 valence electrons. The molecule has 11 nitrogen and oxygen atoms in total. The molecule has 0 spiro atoms. The highest BCUT2D eigenvalue weighted by Crippen LogP contribution is 2.29. The SMILES string of the molecule is O=C(NCCN1CCCC1=O)Nc1ccc2cc1CCc1cccc(c1)Nc1ncc(Cl)c(n1)N2.O=C(O)C(F)(F)F. The van der Waals surface area contributed by atoms with Crippen LogP contribution in [0.1, 0.15) is 24.0 Å². The van der Waals surface area contributed by atoms with Gasteiger partial charge in [0.15, 0.2) is 5.82 Å². The molecule has 5 N–H and O–H groups in total. The minimum Gasteiger partial charge on any atom is -0.475 e.